The van der Waals surface area contributed by atoms with Gasteiger partial charge in [-0.15, -0.1) is 0 Å². The molecule has 0 saturated carbocycles. The topological polar surface area (TPSA) is 76.3 Å². The quantitative estimate of drug-likeness (QED) is 0.884. The molecule has 0 aliphatic heterocycles. The van der Waals surface area contributed by atoms with Crippen molar-refractivity contribution in [2.24, 2.45) is 0 Å². The number of nitrogens with zero attached hydrogens (tertiary/aromatic N) is 2. The summed E-state index contributed by atoms with van der Waals surface area (Å²) in [6.07, 6.45) is 3.12. The molecule has 0 spiro atoms. The molecule has 1 heterocycles. The number of nitrogens with two attached hydrogens (primary N) is 1. The molecule has 0 fully saturated rings. The maximum atomic E-state index is 12.9. The van der Waals surface area contributed by atoms with Crippen LogP contribution in [0.15, 0.2) is 35.5 Å². The van der Waals surface area contributed by atoms with Crippen molar-refractivity contribution in [3.05, 3.63) is 47.3 Å². The predicted molar refractivity (Wildman–Crippen MR) is 84.9 cm³/mol. The first-order valence-electron chi connectivity index (χ1n) is 6.52. The highest BCUT2D eigenvalue weighted by Gasteiger charge is 2.27. The third-order valence-electron chi connectivity index (χ3n) is 3.72. The van der Waals surface area contributed by atoms with Gasteiger partial charge in [0.1, 0.15) is 0 Å². The Morgan fingerprint density at radius 3 is 2.24 bits per heavy atom. The Bertz CT molecular complexity index is 745. The van der Waals surface area contributed by atoms with E-state index in [1.165, 1.54) is 11.4 Å². The van der Waals surface area contributed by atoms with E-state index in [0.29, 0.717) is 16.9 Å². The van der Waals surface area contributed by atoms with E-state index in [1.807, 2.05) is 6.92 Å². The standard InChI is InChI=1S/C15H19N3O2S/c1-10-9-14(16)12(3)15(11(10)2)21(19,20)18(4)13-5-7-17-8-6-13/h5-9H,16H2,1-4H3. The lowest BCUT2D eigenvalue weighted by Crippen LogP contribution is -2.28. The number of aryl methyl sites for hydroxylation is 1. The molecule has 0 atom stereocenters. The van der Waals surface area contributed by atoms with Crippen LogP contribution in [-0.2, 0) is 10.0 Å². The summed E-state index contributed by atoms with van der Waals surface area (Å²) in [5.74, 6) is 0. The van der Waals surface area contributed by atoms with Crippen molar-refractivity contribution < 1.29 is 8.42 Å². The molecular weight excluding hydrogens is 286 g/mol. The lowest BCUT2D eigenvalue weighted by Gasteiger charge is -2.23. The van der Waals surface area contributed by atoms with Crippen molar-refractivity contribution in [1.82, 2.24) is 4.98 Å². The zero-order valence-corrected chi connectivity index (χ0v) is 13.4. The number of aromatic nitrogens is 1. The summed E-state index contributed by atoms with van der Waals surface area (Å²) < 4.78 is 27.1. The van der Waals surface area contributed by atoms with E-state index in [-0.39, 0.29) is 4.90 Å². The highest BCUT2D eigenvalue weighted by atomic mass is 32.2. The Hall–Kier alpha value is -2.08. The molecule has 1 aromatic heterocycles. The molecule has 0 unspecified atom stereocenters. The van der Waals surface area contributed by atoms with Crippen LogP contribution in [0.5, 0.6) is 0 Å². The lowest BCUT2D eigenvalue weighted by atomic mass is 10.1. The van der Waals surface area contributed by atoms with Gasteiger partial charge in [-0.05, 0) is 55.7 Å². The van der Waals surface area contributed by atoms with Crippen LogP contribution >= 0.6 is 0 Å². The van der Waals surface area contributed by atoms with E-state index in [2.05, 4.69) is 4.98 Å². The molecule has 0 aliphatic carbocycles. The van der Waals surface area contributed by atoms with Gasteiger partial charge in [0, 0.05) is 25.1 Å². The summed E-state index contributed by atoms with van der Waals surface area (Å²) in [4.78, 5) is 4.18. The van der Waals surface area contributed by atoms with Gasteiger partial charge in [0.05, 0.1) is 10.6 Å². The number of nitrogen functional groups attached to an aromatic ring is 1. The number of hydrogen-bond acceptors (Lipinski definition) is 4. The summed E-state index contributed by atoms with van der Waals surface area (Å²) in [6.45, 7) is 5.39. The first-order chi connectivity index (χ1) is 9.76. The van der Waals surface area contributed by atoms with E-state index in [9.17, 15) is 8.42 Å². The molecule has 0 radical (unpaired) electrons. The smallest absolute Gasteiger partial charge is 0.264 e. The molecule has 112 valence electrons. The highest BCUT2D eigenvalue weighted by molar-refractivity contribution is 7.93. The van der Waals surface area contributed by atoms with Crippen LogP contribution in [-0.4, -0.2) is 20.4 Å². The highest BCUT2D eigenvalue weighted by Crippen LogP contribution is 2.31. The average Bonchev–Trinajstić information content (AvgIpc) is 2.45. The molecule has 6 heteroatoms. The van der Waals surface area contributed by atoms with Crippen molar-refractivity contribution in [3.63, 3.8) is 0 Å². The van der Waals surface area contributed by atoms with Crippen LogP contribution in [0.3, 0.4) is 0 Å². The molecule has 0 aliphatic rings. The number of pyridine rings is 1. The normalized spacial score (nSPS) is 11.4. The van der Waals surface area contributed by atoms with Gasteiger partial charge in [-0.2, -0.15) is 0 Å². The second kappa shape index (κ2) is 5.37. The van der Waals surface area contributed by atoms with Gasteiger partial charge in [-0.3, -0.25) is 9.29 Å². The fraction of sp³-hybridized carbons (Fsp3) is 0.267. The van der Waals surface area contributed by atoms with Crippen molar-refractivity contribution in [1.29, 1.82) is 0 Å². The minimum Gasteiger partial charge on any atom is -0.398 e. The zero-order chi connectivity index (χ0) is 15.8. The number of benzene rings is 1. The van der Waals surface area contributed by atoms with Gasteiger partial charge in [-0.1, -0.05) is 0 Å². The summed E-state index contributed by atoms with van der Waals surface area (Å²) in [5.41, 5.74) is 9.15. The lowest BCUT2D eigenvalue weighted by molar-refractivity contribution is 0.593. The van der Waals surface area contributed by atoms with Crippen LogP contribution in [0.2, 0.25) is 0 Å². The number of anilines is 2. The minimum atomic E-state index is -3.67. The van der Waals surface area contributed by atoms with Crippen molar-refractivity contribution in [2.45, 2.75) is 25.7 Å². The predicted octanol–water partition coefficient (Wildman–Crippen LogP) is 2.41. The molecule has 5 nitrogen and oxygen atoms in total. The van der Waals surface area contributed by atoms with E-state index >= 15 is 0 Å². The molecule has 2 rings (SSSR count). The van der Waals surface area contributed by atoms with Gasteiger partial charge in [0.15, 0.2) is 0 Å². The first kappa shape index (κ1) is 15.3. The Morgan fingerprint density at radius 1 is 1.10 bits per heavy atom. The monoisotopic (exact) mass is 305 g/mol. The van der Waals surface area contributed by atoms with E-state index in [0.717, 1.165) is 11.1 Å². The van der Waals surface area contributed by atoms with Crippen molar-refractivity contribution >= 4 is 21.4 Å². The van der Waals surface area contributed by atoms with Gasteiger partial charge >= 0.3 is 0 Å². The number of sulfonamides is 1. The average molecular weight is 305 g/mol. The van der Waals surface area contributed by atoms with Gasteiger partial charge in [-0.25, -0.2) is 8.42 Å². The third kappa shape index (κ3) is 2.58. The third-order valence-corrected chi connectivity index (χ3v) is 5.78. The fourth-order valence-electron chi connectivity index (χ4n) is 2.26. The Labute approximate surface area is 125 Å². The van der Waals surface area contributed by atoms with Crippen molar-refractivity contribution in [3.8, 4) is 0 Å². The molecule has 2 N–H and O–H groups in total. The van der Waals surface area contributed by atoms with Gasteiger partial charge in [0.2, 0.25) is 0 Å². The molecule has 1 aromatic carbocycles. The summed E-state index contributed by atoms with van der Waals surface area (Å²) in [6, 6.07) is 5.11. The van der Waals surface area contributed by atoms with Crippen LogP contribution < -0.4 is 10.0 Å². The molecule has 0 bridgehead atoms. The molecular formula is C15H19N3O2S. The summed E-state index contributed by atoms with van der Waals surface area (Å²) in [5, 5.41) is 0. The Balaban J connectivity index is 2.66. The molecule has 2 aromatic rings. The van der Waals surface area contributed by atoms with Crippen LogP contribution in [0.1, 0.15) is 16.7 Å². The summed E-state index contributed by atoms with van der Waals surface area (Å²) >= 11 is 0. The number of hydrogen-bond donors (Lipinski definition) is 1. The second-order valence-electron chi connectivity index (χ2n) is 5.04. The van der Waals surface area contributed by atoms with Gasteiger partial charge < -0.3 is 5.73 Å². The van der Waals surface area contributed by atoms with Crippen LogP contribution in [0.25, 0.3) is 0 Å². The molecule has 0 saturated heterocycles. The Kier molecular flexibility index (Phi) is 3.91. The summed E-state index contributed by atoms with van der Waals surface area (Å²) in [7, 11) is -2.14. The fourth-order valence-corrected chi connectivity index (χ4v) is 3.98. The SMILES string of the molecule is Cc1cc(N)c(C)c(S(=O)(=O)N(C)c2ccncc2)c1C. The van der Waals surface area contributed by atoms with Crippen molar-refractivity contribution in [2.75, 3.05) is 17.1 Å². The maximum absolute atomic E-state index is 12.9. The van der Waals surface area contributed by atoms with E-state index < -0.39 is 10.0 Å². The number of rotatable bonds is 3. The maximum Gasteiger partial charge on any atom is 0.264 e. The van der Waals surface area contributed by atoms with E-state index in [1.54, 1.807) is 44.4 Å². The first-order valence-corrected chi connectivity index (χ1v) is 7.96. The Morgan fingerprint density at radius 2 is 1.67 bits per heavy atom. The van der Waals surface area contributed by atoms with Crippen LogP contribution in [0, 0.1) is 20.8 Å². The molecule has 0 amide bonds. The van der Waals surface area contributed by atoms with Crippen LogP contribution in [0.4, 0.5) is 11.4 Å². The second-order valence-corrected chi connectivity index (χ2v) is 6.95. The molecule has 21 heavy (non-hydrogen) atoms. The van der Waals surface area contributed by atoms with E-state index in [4.69, 9.17) is 5.73 Å². The minimum absolute atomic E-state index is 0.277. The van der Waals surface area contributed by atoms with Gasteiger partial charge in [0.25, 0.3) is 10.0 Å². The largest absolute Gasteiger partial charge is 0.398 e. The zero-order valence-electron chi connectivity index (χ0n) is 12.6.